The van der Waals surface area contributed by atoms with E-state index in [-0.39, 0.29) is 5.91 Å². The van der Waals surface area contributed by atoms with Gasteiger partial charge >= 0.3 is 0 Å². The number of hydrogen-bond donors (Lipinski definition) is 1. The molecule has 0 atom stereocenters. The summed E-state index contributed by atoms with van der Waals surface area (Å²) < 4.78 is 1.81. The molecular formula is C18H21N5OS. The molecule has 1 aliphatic rings. The van der Waals surface area contributed by atoms with E-state index in [1.165, 1.54) is 30.6 Å². The van der Waals surface area contributed by atoms with Crippen molar-refractivity contribution >= 4 is 27.3 Å². The summed E-state index contributed by atoms with van der Waals surface area (Å²) in [6, 6.07) is 10.0. The Morgan fingerprint density at radius 1 is 1.16 bits per heavy atom. The monoisotopic (exact) mass is 355 g/mol. The standard InChI is InChI=1S/C18H21N5OS/c24-15(12-11-13-7-3-1-4-8-13)19-17-22-23-16(20-21-18(23)25-17)14-9-5-2-6-10-14/h1,3-4,7-8,14H,2,5-6,9-12H2,(H,19,22,24). The van der Waals surface area contributed by atoms with Gasteiger partial charge in [0.25, 0.3) is 0 Å². The average Bonchev–Trinajstić information content (AvgIpc) is 3.21. The van der Waals surface area contributed by atoms with Crippen LogP contribution in [0.25, 0.3) is 4.96 Å². The molecule has 7 heteroatoms. The Morgan fingerprint density at radius 2 is 1.96 bits per heavy atom. The maximum Gasteiger partial charge on any atom is 0.236 e. The Kier molecular flexibility index (Phi) is 4.74. The summed E-state index contributed by atoms with van der Waals surface area (Å²) in [7, 11) is 0. The molecule has 25 heavy (non-hydrogen) atoms. The zero-order valence-corrected chi connectivity index (χ0v) is 14.8. The lowest BCUT2D eigenvalue weighted by atomic mass is 9.89. The van der Waals surface area contributed by atoms with E-state index in [9.17, 15) is 4.79 Å². The highest BCUT2D eigenvalue weighted by Gasteiger charge is 2.23. The molecule has 2 heterocycles. The van der Waals surface area contributed by atoms with Gasteiger partial charge in [-0.15, -0.1) is 15.3 Å². The van der Waals surface area contributed by atoms with Gasteiger partial charge in [0, 0.05) is 12.3 Å². The number of amides is 1. The van der Waals surface area contributed by atoms with Gasteiger partial charge in [-0.3, -0.25) is 4.79 Å². The van der Waals surface area contributed by atoms with Crippen molar-refractivity contribution in [1.82, 2.24) is 19.8 Å². The molecule has 1 saturated carbocycles. The highest BCUT2D eigenvalue weighted by Crippen LogP contribution is 2.32. The number of nitrogens with zero attached hydrogens (tertiary/aromatic N) is 4. The maximum atomic E-state index is 12.2. The third-order valence-corrected chi connectivity index (χ3v) is 5.53. The van der Waals surface area contributed by atoms with E-state index in [2.05, 4.69) is 20.6 Å². The first kappa shape index (κ1) is 16.2. The van der Waals surface area contributed by atoms with Crippen molar-refractivity contribution in [3.8, 4) is 0 Å². The number of hydrogen-bond acceptors (Lipinski definition) is 5. The van der Waals surface area contributed by atoms with Gasteiger partial charge in [0.2, 0.25) is 16.0 Å². The molecule has 130 valence electrons. The van der Waals surface area contributed by atoms with E-state index in [4.69, 9.17) is 0 Å². The van der Waals surface area contributed by atoms with Crippen LogP contribution < -0.4 is 5.32 Å². The predicted molar refractivity (Wildman–Crippen MR) is 97.9 cm³/mol. The zero-order chi connectivity index (χ0) is 17.1. The average molecular weight is 355 g/mol. The summed E-state index contributed by atoms with van der Waals surface area (Å²) in [5, 5.41) is 16.6. The second kappa shape index (κ2) is 7.31. The van der Waals surface area contributed by atoms with Crippen LogP contribution in [0.1, 0.15) is 55.8 Å². The quantitative estimate of drug-likeness (QED) is 0.755. The SMILES string of the molecule is O=C(CCc1ccccc1)Nc1nn2c(C3CCCCC3)nnc2s1. The lowest BCUT2D eigenvalue weighted by Crippen LogP contribution is -2.13. The fourth-order valence-electron chi connectivity index (χ4n) is 3.38. The smallest absolute Gasteiger partial charge is 0.236 e. The van der Waals surface area contributed by atoms with Crippen molar-refractivity contribution in [3.05, 3.63) is 41.7 Å². The summed E-state index contributed by atoms with van der Waals surface area (Å²) >= 11 is 1.38. The number of anilines is 1. The van der Waals surface area contributed by atoms with E-state index >= 15 is 0 Å². The van der Waals surface area contributed by atoms with Crippen molar-refractivity contribution in [2.24, 2.45) is 0 Å². The molecule has 0 aliphatic heterocycles. The summed E-state index contributed by atoms with van der Waals surface area (Å²) in [6.45, 7) is 0. The number of carbonyl (C=O) groups is 1. The van der Waals surface area contributed by atoms with Crippen LogP contribution in [0.15, 0.2) is 30.3 Å². The molecule has 1 amide bonds. The number of nitrogens with one attached hydrogen (secondary N) is 1. The van der Waals surface area contributed by atoms with E-state index in [1.54, 1.807) is 0 Å². The second-order valence-electron chi connectivity index (χ2n) is 6.53. The number of carbonyl (C=O) groups excluding carboxylic acids is 1. The minimum atomic E-state index is -0.0203. The van der Waals surface area contributed by atoms with Gasteiger partial charge in [0.15, 0.2) is 5.82 Å². The van der Waals surface area contributed by atoms with Crippen LogP contribution in [0.3, 0.4) is 0 Å². The Hall–Kier alpha value is -2.28. The van der Waals surface area contributed by atoms with Crippen molar-refractivity contribution in [2.75, 3.05) is 5.32 Å². The maximum absolute atomic E-state index is 12.2. The minimum Gasteiger partial charge on any atom is -0.301 e. The summed E-state index contributed by atoms with van der Waals surface area (Å²) in [6.07, 6.45) is 7.26. The molecule has 6 nitrogen and oxygen atoms in total. The highest BCUT2D eigenvalue weighted by atomic mass is 32.1. The lowest BCUT2D eigenvalue weighted by Gasteiger charge is -2.18. The fraction of sp³-hybridized carbons (Fsp3) is 0.444. The van der Waals surface area contributed by atoms with Crippen LogP contribution in [0, 0.1) is 0 Å². The van der Waals surface area contributed by atoms with E-state index in [0.717, 1.165) is 35.6 Å². The number of benzene rings is 1. The minimum absolute atomic E-state index is 0.0203. The molecule has 0 spiro atoms. The van der Waals surface area contributed by atoms with E-state index in [0.29, 0.717) is 17.5 Å². The molecule has 1 N–H and O–H groups in total. The molecule has 4 rings (SSSR count). The molecule has 0 saturated heterocycles. The van der Waals surface area contributed by atoms with Gasteiger partial charge in [0.05, 0.1) is 0 Å². The first-order valence-electron chi connectivity index (χ1n) is 8.85. The van der Waals surface area contributed by atoms with Crippen LogP contribution in [0.5, 0.6) is 0 Å². The Labute approximate surface area is 150 Å². The van der Waals surface area contributed by atoms with Gasteiger partial charge < -0.3 is 5.32 Å². The van der Waals surface area contributed by atoms with Gasteiger partial charge in [-0.05, 0) is 24.8 Å². The molecule has 1 aliphatic carbocycles. The highest BCUT2D eigenvalue weighted by molar-refractivity contribution is 7.20. The van der Waals surface area contributed by atoms with Gasteiger partial charge in [-0.1, -0.05) is 60.9 Å². The summed E-state index contributed by atoms with van der Waals surface area (Å²) in [5.74, 6) is 1.36. The largest absolute Gasteiger partial charge is 0.301 e. The molecule has 0 unspecified atom stereocenters. The third-order valence-electron chi connectivity index (χ3n) is 4.72. The molecule has 1 fully saturated rings. The topological polar surface area (TPSA) is 72.2 Å². The van der Waals surface area contributed by atoms with Crippen molar-refractivity contribution in [1.29, 1.82) is 0 Å². The van der Waals surface area contributed by atoms with Crippen LogP contribution in [-0.4, -0.2) is 25.7 Å². The zero-order valence-electron chi connectivity index (χ0n) is 14.0. The molecule has 0 bridgehead atoms. The molecule has 3 aromatic rings. The van der Waals surface area contributed by atoms with E-state index in [1.807, 2.05) is 34.8 Å². The summed E-state index contributed by atoms with van der Waals surface area (Å²) in [4.78, 5) is 12.9. The second-order valence-corrected chi connectivity index (χ2v) is 7.48. The number of aryl methyl sites for hydroxylation is 1. The Bertz CT molecular complexity index is 851. The Balaban J connectivity index is 1.41. The van der Waals surface area contributed by atoms with Crippen LogP contribution in [-0.2, 0) is 11.2 Å². The van der Waals surface area contributed by atoms with Gasteiger partial charge in [-0.25, -0.2) is 0 Å². The van der Waals surface area contributed by atoms with E-state index < -0.39 is 0 Å². The van der Waals surface area contributed by atoms with Crippen LogP contribution in [0.2, 0.25) is 0 Å². The van der Waals surface area contributed by atoms with Crippen LogP contribution in [0.4, 0.5) is 5.13 Å². The van der Waals surface area contributed by atoms with Crippen molar-refractivity contribution < 1.29 is 4.79 Å². The first-order valence-corrected chi connectivity index (χ1v) is 9.67. The van der Waals surface area contributed by atoms with Crippen LogP contribution >= 0.6 is 11.3 Å². The fourth-order valence-corrected chi connectivity index (χ4v) is 4.15. The normalized spacial score (nSPS) is 15.5. The predicted octanol–water partition coefficient (Wildman–Crippen LogP) is 3.80. The number of fused-ring (bicyclic) bond motifs is 1. The third kappa shape index (κ3) is 3.71. The Morgan fingerprint density at radius 3 is 2.76 bits per heavy atom. The van der Waals surface area contributed by atoms with Crippen molar-refractivity contribution in [3.63, 3.8) is 0 Å². The number of aromatic nitrogens is 4. The van der Waals surface area contributed by atoms with Crippen molar-refractivity contribution in [2.45, 2.75) is 50.9 Å². The van der Waals surface area contributed by atoms with Gasteiger partial charge in [0.1, 0.15) is 0 Å². The van der Waals surface area contributed by atoms with Gasteiger partial charge in [-0.2, -0.15) is 4.52 Å². The first-order chi connectivity index (χ1) is 12.3. The molecule has 2 aromatic heterocycles. The molecule has 1 aromatic carbocycles. The molecule has 0 radical (unpaired) electrons. The lowest BCUT2D eigenvalue weighted by molar-refractivity contribution is -0.116. The molecular weight excluding hydrogens is 334 g/mol. The summed E-state index contributed by atoms with van der Waals surface area (Å²) in [5.41, 5.74) is 1.16. The number of rotatable bonds is 5.